The quantitative estimate of drug-likeness (QED) is 0.415. The Labute approximate surface area is 180 Å². The van der Waals surface area contributed by atoms with E-state index in [9.17, 15) is 9.59 Å². The molecule has 0 spiro atoms. The van der Waals surface area contributed by atoms with Crippen molar-refractivity contribution in [2.24, 2.45) is 10.9 Å². The topological polar surface area (TPSA) is 46.5 Å². The van der Waals surface area contributed by atoms with Crippen molar-refractivity contribution in [3.05, 3.63) is 113 Å². The third-order valence-corrected chi connectivity index (χ3v) is 5.48. The second-order valence-electron chi connectivity index (χ2n) is 7.19. The lowest BCUT2D eigenvalue weighted by Crippen LogP contribution is -2.39. The largest absolute Gasteiger partial charge is 0.297 e. The Balaban J connectivity index is 1.72. The van der Waals surface area contributed by atoms with Gasteiger partial charge in [0.25, 0.3) is 0 Å². The van der Waals surface area contributed by atoms with Gasteiger partial charge in [0.1, 0.15) is 0 Å². The van der Waals surface area contributed by atoms with Gasteiger partial charge in [-0.1, -0.05) is 90.5 Å². The van der Waals surface area contributed by atoms with Crippen molar-refractivity contribution in [1.82, 2.24) is 0 Å². The second-order valence-corrected chi connectivity index (χ2v) is 7.62. The zero-order valence-electron chi connectivity index (χ0n) is 16.2. The Morgan fingerprint density at radius 1 is 0.900 bits per heavy atom. The van der Waals surface area contributed by atoms with Crippen molar-refractivity contribution in [1.29, 1.82) is 0 Å². The van der Waals surface area contributed by atoms with E-state index in [0.29, 0.717) is 5.02 Å². The minimum Gasteiger partial charge on any atom is -0.297 e. The fraction of sp³-hybridized carbons (Fsp3) is 0.115. The summed E-state index contributed by atoms with van der Waals surface area (Å²) >= 11 is 5.93. The summed E-state index contributed by atoms with van der Waals surface area (Å²) in [5.41, 5.74) is 3.47. The van der Waals surface area contributed by atoms with Crippen LogP contribution in [0.4, 0.5) is 0 Å². The number of carbonyl (C=O) groups excluding carboxylic acids is 2. The fourth-order valence-corrected chi connectivity index (χ4v) is 3.90. The minimum atomic E-state index is -0.802. The molecule has 148 valence electrons. The summed E-state index contributed by atoms with van der Waals surface area (Å²) in [5.74, 6) is -1.60. The second kappa shape index (κ2) is 9.02. The predicted molar refractivity (Wildman–Crippen MR) is 121 cm³/mol. The molecule has 1 aliphatic heterocycles. The summed E-state index contributed by atoms with van der Waals surface area (Å²) in [7, 11) is 0. The van der Waals surface area contributed by atoms with Crippen LogP contribution in [0, 0.1) is 5.92 Å². The smallest absolute Gasteiger partial charge is 0.167 e. The fourth-order valence-electron chi connectivity index (χ4n) is 3.77. The van der Waals surface area contributed by atoms with E-state index in [4.69, 9.17) is 11.6 Å². The van der Waals surface area contributed by atoms with Crippen LogP contribution in [0.3, 0.4) is 0 Å². The van der Waals surface area contributed by atoms with Crippen molar-refractivity contribution >= 4 is 35.0 Å². The molecule has 3 aromatic carbocycles. The van der Waals surface area contributed by atoms with Gasteiger partial charge in [-0.3, -0.25) is 14.6 Å². The third-order valence-electron chi connectivity index (χ3n) is 5.22. The van der Waals surface area contributed by atoms with Crippen molar-refractivity contribution < 1.29 is 9.59 Å². The summed E-state index contributed by atoms with van der Waals surface area (Å²) in [6.45, 7) is 0.0127. The van der Waals surface area contributed by atoms with Crippen molar-refractivity contribution in [3.63, 3.8) is 0 Å². The molecule has 2 atom stereocenters. The van der Waals surface area contributed by atoms with E-state index >= 15 is 0 Å². The maximum Gasteiger partial charge on any atom is 0.167 e. The van der Waals surface area contributed by atoms with Crippen LogP contribution in [0.5, 0.6) is 0 Å². The van der Waals surface area contributed by atoms with Crippen molar-refractivity contribution in [2.75, 3.05) is 6.54 Å². The highest BCUT2D eigenvalue weighted by Crippen LogP contribution is 2.34. The predicted octanol–water partition coefficient (Wildman–Crippen LogP) is 5.39. The molecule has 0 aliphatic carbocycles. The number of Topliss-reactive ketones (excluding diaryl/α,β-unsaturated/α-hetero) is 1. The molecule has 1 heterocycles. The van der Waals surface area contributed by atoms with Gasteiger partial charge in [0.05, 0.1) is 18.2 Å². The van der Waals surface area contributed by atoms with E-state index in [0.717, 1.165) is 22.4 Å². The van der Waals surface area contributed by atoms with Crippen molar-refractivity contribution in [2.45, 2.75) is 5.92 Å². The molecule has 3 aromatic rings. The number of benzene rings is 3. The summed E-state index contributed by atoms with van der Waals surface area (Å²) in [5, 5.41) is 0.633. The lowest BCUT2D eigenvalue weighted by molar-refractivity contribution is -0.130. The van der Waals surface area contributed by atoms with E-state index in [1.165, 1.54) is 6.08 Å². The highest BCUT2D eigenvalue weighted by Gasteiger charge is 2.40. The molecule has 0 fully saturated rings. The van der Waals surface area contributed by atoms with Crippen molar-refractivity contribution in [3.8, 4) is 0 Å². The monoisotopic (exact) mass is 413 g/mol. The van der Waals surface area contributed by atoms with Gasteiger partial charge >= 0.3 is 0 Å². The molecule has 0 bridgehead atoms. The summed E-state index contributed by atoms with van der Waals surface area (Å²) in [4.78, 5) is 30.7. The van der Waals surface area contributed by atoms with Gasteiger partial charge in [0, 0.05) is 10.9 Å². The SMILES string of the molecule is O=C(/C=C/c1ccc(Cl)cc1)[C@@H]1C(=O)CN=C(c2ccccc2)[C@@H]1c1ccccc1. The average molecular weight is 414 g/mol. The summed E-state index contributed by atoms with van der Waals surface area (Å²) < 4.78 is 0. The van der Waals surface area contributed by atoms with E-state index in [1.54, 1.807) is 18.2 Å². The first-order chi connectivity index (χ1) is 14.6. The van der Waals surface area contributed by atoms with Crippen LogP contribution in [0.2, 0.25) is 5.02 Å². The maximum absolute atomic E-state index is 13.2. The molecule has 4 rings (SSSR count). The first kappa shape index (κ1) is 20.0. The lowest BCUT2D eigenvalue weighted by Gasteiger charge is -2.30. The maximum atomic E-state index is 13.2. The van der Waals surface area contributed by atoms with Gasteiger partial charge < -0.3 is 0 Å². The van der Waals surface area contributed by atoms with E-state index in [-0.39, 0.29) is 18.1 Å². The van der Waals surface area contributed by atoms with Crippen LogP contribution in [0.1, 0.15) is 22.6 Å². The number of aliphatic imine (C=N–C) groups is 1. The Kier molecular flexibility index (Phi) is 6.01. The van der Waals surface area contributed by atoms with Gasteiger partial charge in [-0.2, -0.15) is 0 Å². The third kappa shape index (κ3) is 4.32. The highest BCUT2D eigenvalue weighted by atomic mass is 35.5. The van der Waals surface area contributed by atoms with Crippen LogP contribution in [-0.4, -0.2) is 23.8 Å². The van der Waals surface area contributed by atoms with Gasteiger partial charge in [0.2, 0.25) is 0 Å². The van der Waals surface area contributed by atoms with E-state index in [2.05, 4.69) is 4.99 Å². The lowest BCUT2D eigenvalue weighted by atomic mass is 9.74. The number of halogens is 1. The number of nitrogens with zero attached hydrogens (tertiary/aromatic N) is 1. The standard InChI is InChI=1S/C26H20ClNO2/c27-21-14-11-18(12-15-21)13-16-22(29)25-23(30)17-28-26(20-9-5-2-6-10-20)24(25)19-7-3-1-4-8-19/h1-16,24-25H,17H2/b16-13+/t24-,25-/m1/s1. The van der Waals surface area contributed by atoms with E-state index in [1.807, 2.05) is 72.8 Å². The molecule has 30 heavy (non-hydrogen) atoms. The van der Waals surface area contributed by atoms with Gasteiger partial charge in [-0.15, -0.1) is 0 Å². The summed E-state index contributed by atoms with van der Waals surface area (Å²) in [6.07, 6.45) is 3.22. The zero-order chi connectivity index (χ0) is 20.9. The Morgan fingerprint density at radius 3 is 2.20 bits per heavy atom. The molecular formula is C26H20ClNO2. The molecule has 0 unspecified atom stereocenters. The zero-order valence-corrected chi connectivity index (χ0v) is 17.0. The van der Waals surface area contributed by atoms with Gasteiger partial charge in [-0.25, -0.2) is 0 Å². The van der Waals surface area contributed by atoms with Gasteiger partial charge in [0.15, 0.2) is 11.6 Å². The number of carbonyl (C=O) groups is 2. The number of hydrogen-bond acceptors (Lipinski definition) is 3. The summed E-state index contributed by atoms with van der Waals surface area (Å²) in [6, 6.07) is 26.6. The molecule has 0 N–H and O–H groups in total. The average Bonchev–Trinajstić information content (AvgIpc) is 2.79. The molecule has 1 aliphatic rings. The normalized spacial score (nSPS) is 19.0. The Bertz CT molecular complexity index is 1100. The number of rotatable bonds is 5. The van der Waals surface area contributed by atoms with Crippen LogP contribution < -0.4 is 0 Å². The number of allylic oxidation sites excluding steroid dienone is 1. The first-order valence-corrected chi connectivity index (χ1v) is 10.2. The minimum absolute atomic E-state index is 0.0127. The Morgan fingerprint density at radius 2 is 1.53 bits per heavy atom. The molecule has 0 radical (unpaired) electrons. The molecule has 3 nitrogen and oxygen atoms in total. The first-order valence-electron chi connectivity index (χ1n) is 9.78. The van der Waals surface area contributed by atoms with Crippen LogP contribution in [0.15, 0.2) is 96.0 Å². The molecule has 0 saturated heterocycles. The number of hydrogen-bond donors (Lipinski definition) is 0. The molecule has 4 heteroatoms. The van der Waals surface area contributed by atoms with Crippen LogP contribution in [0.25, 0.3) is 6.08 Å². The van der Waals surface area contributed by atoms with Crippen LogP contribution >= 0.6 is 11.6 Å². The molecular weight excluding hydrogens is 394 g/mol. The molecule has 0 saturated carbocycles. The number of ketones is 2. The van der Waals surface area contributed by atoms with Crippen LogP contribution in [-0.2, 0) is 9.59 Å². The molecule has 0 amide bonds. The Hall–Kier alpha value is -3.30. The van der Waals surface area contributed by atoms with E-state index < -0.39 is 11.8 Å². The highest BCUT2D eigenvalue weighted by molar-refractivity contribution is 6.30. The van der Waals surface area contributed by atoms with Gasteiger partial charge in [-0.05, 0) is 34.9 Å². The molecule has 0 aromatic heterocycles.